The van der Waals surface area contributed by atoms with Gasteiger partial charge in [0.25, 0.3) is 0 Å². The lowest BCUT2D eigenvalue weighted by molar-refractivity contribution is -0.301. The molecule has 0 bridgehead atoms. The van der Waals surface area contributed by atoms with Gasteiger partial charge in [0.2, 0.25) is 0 Å². The highest BCUT2D eigenvalue weighted by Gasteiger charge is 2.17. The molecule has 15 heavy (non-hydrogen) atoms. The van der Waals surface area contributed by atoms with Gasteiger partial charge >= 0.3 is 5.97 Å². The smallest absolute Gasteiger partial charge is 0.292 e. The second-order valence-corrected chi connectivity index (χ2v) is 4.38. The third-order valence-electron chi connectivity index (χ3n) is 1.73. The van der Waals surface area contributed by atoms with E-state index in [1.165, 1.54) is 0 Å². The molecule has 0 unspecified atom stereocenters. The summed E-state index contributed by atoms with van der Waals surface area (Å²) < 4.78 is 0. The van der Waals surface area contributed by atoms with Crippen LogP contribution in [-0.4, -0.2) is 11.6 Å². The van der Waals surface area contributed by atoms with E-state index < -0.39 is 11.6 Å². The zero-order chi connectivity index (χ0) is 11.5. The van der Waals surface area contributed by atoms with E-state index in [2.05, 4.69) is 0 Å². The molecule has 3 nitrogen and oxygen atoms in total. The number of benzene rings is 1. The van der Waals surface area contributed by atoms with E-state index in [9.17, 15) is 4.79 Å². The standard InChI is InChI=1S/C12H16O3/c1-9-7-5-6-8-10(9)11(13)14-15-12(2,3)4/h5-8H,1-4H3. The molecule has 0 amide bonds. The fraction of sp³-hybridized carbons (Fsp3) is 0.417. The van der Waals surface area contributed by atoms with E-state index in [1.807, 2.05) is 39.8 Å². The normalized spacial score (nSPS) is 11.2. The van der Waals surface area contributed by atoms with Gasteiger partial charge in [-0.05, 0) is 39.3 Å². The molecule has 1 rings (SSSR count). The first-order valence-corrected chi connectivity index (χ1v) is 4.86. The number of carbonyl (C=O) groups is 1. The average Bonchev–Trinajstić information content (AvgIpc) is 2.14. The van der Waals surface area contributed by atoms with Gasteiger partial charge in [-0.3, -0.25) is 4.89 Å². The monoisotopic (exact) mass is 208 g/mol. The third-order valence-corrected chi connectivity index (χ3v) is 1.73. The van der Waals surface area contributed by atoms with Crippen molar-refractivity contribution in [1.29, 1.82) is 0 Å². The van der Waals surface area contributed by atoms with Gasteiger partial charge in [-0.15, -0.1) is 0 Å². The maximum Gasteiger partial charge on any atom is 0.373 e. The maximum atomic E-state index is 11.6. The fourth-order valence-electron chi connectivity index (χ4n) is 1.01. The second kappa shape index (κ2) is 4.45. The van der Waals surface area contributed by atoms with Crippen molar-refractivity contribution >= 4 is 5.97 Å². The van der Waals surface area contributed by atoms with Crippen LogP contribution in [0.2, 0.25) is 0 Å². The van der Waals surface area contributed by atoms with Gasteiger partial charge in [0.15, 0.2) is 0 Å². The SMILES string of the molecule is Cc1ccccc1C(=O)OOC(C)(C)C. The quantitative estimate of drug-likeness (QED) is 0.553. The molecule has 0 saturated carbocycles. The zero-order valence-corrected chi connectivity index (χ0v) is 9.53. The van der Waals surface area contributed by atoms with E-state index >= 15 is 0 Å². The molecule has 0 saturated heterocycles. The fourth-order valence-corrected chi connectivity index (χ4v) is 1.01. The van der Waals surface area contributed by atoms with E-state index in [1.54, 1.807) is 12.1 Å². The van der Waals surface area contributed by atoms with Crippen LogP contribution in [-0.2, 0) is 9.78 Å². The summed E-state index contributed by atoms with van der Waals surface area (Å²) in [6.45, 7) is 7.31. The molecule has 0 aliphatic heterocycles. The molecule has 82 valence electrons. The Balaban J connectivity index is 2.66. The molecule has 1 aromatic rings. The topological polar surface area (TPSA) is 35.5 Å². The van der Waals surface area contributed by atoms with Crippen LogP contribution in [0.15, 0.2) is 24.3 Å². The lowest BCUT2D eigenvalue weighted by Gasteiger charge is -2.16. The molecule has 0 aromatic heterocycles. The van der Waals surface area contributed by atoms with Crippen molar-refractivity contribution < 1.29 is 14.6 Å². The predicted octanol–water partition coefficient (Wildman–Crippen LogP) is 2.88. The molecule has 0 atom stereocenters. The van der Waals surface area contributed by atoms with Crippen molar-refractivity contribution in [1.82, 2.24) is 0 Å². The maximum absolute atomic E-state index is 11.6. The summed E-state index contributed by atoms with van der Waals surface area (Å²) in [5.41, 5.74) is 0.917. The highest BCUT2D eigenvalue weighted by molar-refractivity contribution is 5.90. The zero-order valence-electron chi connectivity index (χ0n) is 9.53. The summed E-state index contributed by atoms with van der Waals surface area (Å²) in [6.07, 6.45) is 0. The Morgan fingerprint density at radius 2 is 1.80 bits per heavy atom. The van der Waals surface area contributed by atoms with Crippen LogP contribution < -0.4 is 0 Å². The first-order chi connectivity index (χ1) is 6.90. The van der Waals surface area contributed by atoms with E-state index in [0.29, 0.717) is 5.56 Å². The van der Waals surface area contributed by atoms with Crippen LogP contribution in [0.25, 0.3) is 0 Å². The highest BCUT2D eigenvalue weighted by atomic mass is 17.2. The minimum absolute atomic E-state index is 0.456. The number of hydrogen-bond acceptors (Lipinski definition) is 3. The Labute approximate surface area is 89.9 Å². The highest BCUT2D eigenvalue weighted by Crippen LogP contribution is 2.12. The Hall–Kier alpha value is -1.35. The largest absolute Gasteiger partial charge is 0.373 e. The van der Waals surface area contributed by atoms with Crippen molar-refractivity contribution in [3.05, 3.63) is 35.4 Å². The molecule has 3 heteroatoms. The van der Waals surface area contributed by atoms with Crippen molar-refractivity contribution in [2.45, 2.75) is 33.3 Å². The van der Waals surface area contributed by atoms with E-state index in [4.69, 9.17) is 9.78 Å². The Morgan fingerprint density at radius 1 is 1.20 bits per heavy atom. The summed E-state index contributed by atoms with van der Waals surface area (Å²) in [7, 11) is 0. The van der Waals surface area contributed by atoms with E-state index in [0.717, 1.165) is 5.56 Å². The summed E-state index contributed by atoms with van der Waals surface area (Å²) in [5.74, 6) is -0.456. The molecule has 1 aromatic carbocycles. The van der Waals surface area contributed by atoms with Gasteiger partial charge < -0.3 is 0 Å². The Morgan fingerprint density at radius 3 is 2.33 bits per heavy atom. The van der Waals surface area contributed by atoms with Gasteiger partial charge in [-0.2, -0.15) is 4.89 Å². The molecular formula is C12H16O3. The molecule has 0 N–H and O–H groups in total. The van der Waals surface area contributed by atoms with Crippen molar-refractivity contribution in [2.75, 3.05) is 0 Å². The minimum Gasteiger partial charge on any atom is -0.292 e. The summed E-state index contributed by atoms with van der Waals surface area (Å²) >= 11 is 0. The first kappa shape index (κ1) is 11.7. The number of aryl methyl sites for hydroxylation is 1. The Kier molecular flexibility index (Phi) is 3.48. The number of hydrogen-bond donors (Lipinski definition) is 0. The van der Waals surface area contributed by atoms with Crippen LogP contribution in [0.4, 0.5) is 0 Å². The summed E-state index contributed by atoms with van der Waals surface area (Å²) in [5, 5.41) is 0. The molecule has 0 aliphatic carbocycles. The average molecular weight is 208 g/mol. The molecular weight excluding hydrogens is 192 g/mol. The third kappa shape index (κ3) is 3.72. The summed E-state index contributed by atoms with van der Waals surface area (Å²) in [4.78, 5) is 21.3. The molecule has 0 aliphatic rings. The van der Waals surface area contributed by atoms with Crippen molar-refractivity contribution in [3.63, 3.8) is 0 Å². The molecule has 0 heterocycles. The molecule has 0 fully saturated rings. The molecule has 0 radical (unpaired) electrons. The Bertz CT molecular complexity index is 350. The van der Waals surface area contributed by atoms with Gasteiger partial charge in [0.05, 0.1) is 5.56 Å². The lowest BCUT2D eigenvalue weighted by atomic mass is 10.1. The van der Waals surface area contributed by atoms with Gasteiger partial charge in [0.1, 0.15) is 5.60 Å². The predicted molar refractivity (Wildman–Crippen MR) is 57.4 cm³/mol. The van der Waals surface area contributed by atoms with Crippen LogP contribution in [0, 0.1) is 6.92 Å². The van der Waals surface area contributed by atoms with Gasteiger partial charge in [0, 0.05) is 0 Å². The van der Waals surface area contributed by atoms with Crippen molar-refractivity contribution in [2.24, 2.45) is 0 Å². The van der Waals surface area contributed by atoms with Gasteiger partial charge in [-0.1, -0.05) is 18.2 Å². The van der Waals surface area contributed by atoms with E-state index in [-0.39, 0.29) is 0 Å². The lowest BCUT2D eigenvalue weighted by Crippen LogP contribution is -2.22. The number of rotatable bonds is 2. The first-order valence-electron chi connectivity index (χ1n) is 4.86. The summed E-state index contributed by atoms with van der Waals surface area (Å²) in [6, 6.07) is 7.23. The van der Waals surface area contributed by atoms with Crippen LogP contribution in [0.5, 0.6) is 0 Å². The van der Waals surface area contributed by atoms with Crippen molar-refractivity contribution in [3.8, 4) is 0 Å². The second-order valence-electron chi connectivity index (χ2n) is 4.38. The molecule has 0 spiro atoms. The van der Waals surface area contributed by atoms with Crippen LogP contribution in [0.3, 0.4) is 0 Å². The minimum atomic E-state index is -0.488. The number of carbonyl (C=O) groups excluding carboxylic acids is 1. The van der Waals surface area contributed by atoms with Crippen LogP contribution in [0.1, 0.15) is 36.7 Å². The van der Waals surface area contributed by atoms with Gasteiger partial charge in [-0.25, -0.2) is 4.79 Å². The van der Waals surface area contributed by atoms with Crippen LogP contribution >= 0.6 is 0 Å².